The van der Waals surface area contributed by atoms with Crippen LogP contribution in [0.2, 0.25) is 0 Å². The molecule has 0 spiro atoms. The molecule has 5 nitrogen and oxygen atoms in total. The van der Waals surface area contributed by atoms with Gasteiger partial charge in [-0.3, -0.25) is 0 Å². The zero-order valence-corrected chi connectivity index (χ0v) is 11.4. The van der Waals surface area contributed by atoms with Crippen LogP contribution < -0.4 is 10.6 Å². The minimum absolute atomic E-state index is 0.427. The van der Waals surface area contributed by atoms with Gasteiger partial charge in [0.25, 0.3) is 0 Å². The first-order chi connectivity index (χ1) is 9.31. The lowest BCUT2D eigenvalue weighted by Gasteiger charge is -2.03. The third-order valence-electron chi connectivity index (χ3n) is 2.74. The van der Waals surface area contributed by atoms with E-state index in [1.54, 1.807) is 0 Å². The summed E-state index contributed by atoms with van der Waals surface area (Å²) in [5, 5.41) is 14.2. The molecule has 1 aromatic heterocycles. The van der Waals surface area contributed by atoms with Crippen LogP contribution in [0.5, 0.6) is 0 Å². The van der Waals surface area contributed by atoms with Gasteiger partial charge in [0, 0.05) is 5.69 Å². The van der Waals surface area contributed by atoms with E-state index in [1.165, 1.54) is 5.56 Å². The Morgan fingerprint density at radius 3 is 2.58 bits per heavy atom. The lowest BCUT2D eigenvalue weighted by atomic mass is 10.1. The van der Waals surface area contributed by atoms with E-state index in [1.807, 2.05) is 19.1 Å². The van der Waals surface area contributed by atoms with Gasteiger partial charge in [-0.1, -0.05) is 37.5 Å². The van der Waals surface area contributed by atoms with Crippen LogP contribution in [0.4, 0.5) is 11.7 Å². The van der Waals surface area contributed by atoms with Gasteiger partial charge >= 0.3 is 6.01 Å². The van der Waals surface area contributed by atoms with Gasteiger partial charge in [0.1, 0.15) is 0 Å². The van der Waals surface area contributed by atoms with E-state index >= 15 is 0 Å². The Hall–Kier alpha value is -1.88. The normalized spacial score (nSPS) is 10.6. The van der Waals surface area contributed by atoms with Gasteiger partial charge < -0.3 is 15.1 Å². The van der Waals surface area contributed by atoms with Crippen LogP contribution >= 0.6 is 0 Å². The summed E-state index contributed by atoms with van der Waals surface area (Å²) in [6, 6.07) is 8.71. The molecule has 2 aromatic rings. The fourth-order valence-corrected chi connectivity index (χ4v) is 1.77. The quantitative estimate of drug-likeness (QED) is 0.801. The summed E-state index contributed by atoms with van der Waals surface area (Å²) in [7, 11) is 0. The molecule has 1 aromatic carbocycles. The van der Waals surface area contributed by atoms with E-state index in [0.717, 1.165) is 25.1 Å². The second kappa shape index (κ2) is 6.89. The molecule has 1 heterocycles. The second-order valence-corrected chi connectivity index (χ2v) is 4.35. The van der Waals surface area contributed by atoms with Gasteiger partial charge in [0.15, 0.2) is 0 Å². The maximum atomic E-state index is 5.47. The topological polar surface area (TPSA) is 63.0 Å². The highest BCUT2D eigenvalue weighted by molar-refractivity contribution is 5.52. The van der Waals surface area contributed by atoms with Crippen molar-refractivity contribution in [2.45, 2.75) is 33.2 Å². The highest BCUT2D eigenvalue weighted by Crippen LogP contribution is 2.16. The molecule has 0 aliphatic carbocycles. The monoisotopic (exact) mass is 260 g/mol. The van der Waals surface area contributed by atoms with Crippen LogP contribution in [0.15, 0.2) is 28.7 Å². The maximum absolute atomic E-state index is 5.47. The van der Waals surface area contributed by atoms with E-state index in [2.05, 4.69) is 39.9 Å². The Kier molecular flexibility index (Phi) is 4.92. The second-order valence-electron chi connectivity index (χ2n) is 4.35. The number of hydrogen-bond acceptors (Lipinski definition) is 5. The molecule has 0 bridgehead atoms. The number of benzene rings is 1. The van der Waals surface area contributed by atoms with E-state index in [4.69, 9.17) is 4.42 Å². The third-order valence-corrected chi connectivity index (χ3v) is 2.74. The van der Waals surface area contributed by atoms with Crippen molar-refractivity contribution in [1.29, 1.82) is 0 Å². The highest BCUT2D eigenvalue weighted by atomic mass is 16.4. The predicted octanol–water partition coefficient (Wildman–Crippen LogP) is 2.88. The Labute approximate surface area is 113 Å². The average molecular weight is 260 g/mol. The Bertz CT molecular complexity index is 492. The Balaban J connectivity index is 1.94. The molecule has 0 aliphatic heterocycles. The molecule has 0 radical (unpaired) electrons. The highest BCUT2D eigenvalue weighted by Gasteiger charge is 2.05. The third kappa shape index (κ3) is 4.06. The number of nitrogens with one attached hydrogen (secondary N) is 2. The zero-order valence-electron chi connectivity index (χ0n) is 11.4. The van der Waals surface area contributed by atoms with E-state index in [0.29, 0.717) is 18.5 Å². The van der Waals surface area contributed by atoms with Crippen molar-refractivity contribution < 1.29 is 4.42 Å². The number of aromatic nitrogens is 2. The molecular formula is C14H20N4O. The largest absolute Gasteiger partial charge is 0.406 e. The first kappa shape index (κ1) is 13.5. The molecule has 0 saturated heterocycles. The molecule has 102 valence electrons. The predicted molar refractivity (Wildman–Crippen MR) is 75.4 cm³/mol. The zero-order chi connectivity index (χ0) is 13.5. The summed E-state index contributed by atoms with van der Waals surface area (Å²) in [6.07, 6.45) is 2.26. The Morgan fingerprint density at radius 2 is 1.89 bits per heavy atom. The van der Waals surface area contributed by atoms with Gasteiger partial charge in [-0.25, -0.2) is 0 Å². The molecule has 0 saturated carbocycles. The molecule has 2 rings (SSSR count). The first-order valence-electron chi connectivity index (χ1n) is 6.71. The molecule has 19 heavy (non-hydrogen) atoms. The molecule has 0 aliphatic rings. The summed E-state index contributed by atoms with van der Waals surface area (Å²) in [4.78, 5) is 0. The lowest BCUT2D eigenvalue weighted by Crippen LogP contribution is -2.11. The SMILES string of the molecule is CCCc1ccc(Nc2nnc(CNCC)o2)cc1. The van der Waals surface area contributed by atoms with Crippen LogP contribution in [0, 0.1) is 0 Å². The first-order valence-corrected chi connectivity index (χ1v) is 6.71. The summed E-state index contributed by atoms with van der Waals surface area (Å²) in [5.74, 6) is 0.590. The number of anilines is 2. The van der Waals surface area contributed by atoms with Crippen molar-refractivity contribution in [3.8, 4) is 0 Å². The van der Waals surface area contributed by atoms with E-state index < -0.39 is 0 Å². The average Bonchev–Trinajstić information content (AvgIpc) is 2.87. The fourth-order valence-electron chi connectivity index (χ4n) is 1.77. The van der Waals surface area contributed by atoms with Crippen molar-refractivity contribution in [2.24, 2.45) is 0 Å². The molecule has 0 unspecified atom stereocenters. The smallest absolute Gasteiger partial charge is 0.320 e. The molecule has 5 heteroatoms. The number of aryl methyl sites for hydroxylation is 1. The number of hydrogen-bond donors (Lipinski definition) is 2. The van der Waals surface area contributed by atoms with E-state index in [9.17, 15) is 0 Å². The standard InChI is InChI=1S/C14H20N4O/c1-3-5-11-6-8-12(9-7-11)16-14-18-17-13(19-14)10-15-4-2/h6-9,15H,3-5,10H2,1-2H3,(H,16,18). The molecule has 0 amide bonds. The molecular weight excluding hydrogens is 240 g/mol. The summed E-state index contributed by atoms with van der Waals surface area (Å²) >= 11 is 0. The van der Waals surface area contributed by atoms with Gasteiger partial charge in [0.05, 0.1) is 6.54 Å². The van der Waals surface area contributed by atoms with Gasteiger partial charge in [-0.15, -0.1) is 5.10 Å². The van der Waals surface area contributed by atoms with Gasteiger partial charge in [-0.2, -0.15) is 0 Å². The van der Waals surface area contributed by atoms with Crippen LogP contribution in [-0.4, -0.2) is 16.7 Å². The van der Waals surface area contributed by atoms with Crippen molar-refractivity contribution >= 4 is 11.7 Å². The number of rotatable bonds is 7. The van der Waals surface area contributed by atoms with Crippen LogP contribution in [0.1, 0.15) is 31.7 Å². The minimum atomic E-state index is 0.427. The summed E-state index contributed by atoms with van der Waals surface area (Å²) < 4.78 is 5.47. The van der Waals surface area contributed by atoms with Crippen LogP contribution in [0.25, 0.3) is 0 Å². The van der Waals surface area contributed by atoms with Crippen molar-refractivity contribution in [1.82, 2.24) is 15.5 Å². The van der Waals surface area contributed by atoms with Crippen LogP contribution in [-0.2, 0) is 13.0 Å². The molecule has 2 N–H and O–H groups in total. The summed E-state index contributed by atoms with van der Waals surface area (Å²) in [5.41, 5.74) is 2.30. The minimum Gasteiger partial charge on any atom is -0.406 e. The van der Waals surface area contributed by atoms with Gasteiger partial charge in [-0.05, 0) is 30.7 Å². The Morgan fingerprint density at radius 1 is 1.11 bits per heavy atom. The van der Waals surface area contributed by atoms with Crippen molar-refractivity contribution in [2.75, 3.05) is 11.9 Å². The van der Waals surface area contributed by atoms with Gasteiger partial charge in [0.2, 0.25) is 5.89 Å². The fraction of sp³-hybridized carbons (Fsp3) is 0.429. The van der Waals surface area contributed by atoms with Crippen molar-refractivity contribution in [3.05, 3.63) is 35.7 Å². The lowest BCUT2D eigenvalue weighted by molar-refractivity contribution is 0.484. The number of nitrogens with zero attached hydrogens (tertiary/aromatic N) is 2. The molecule has 0 atom stereocenters. The van der Waals surface area contributed by atoms with Crippen molar-refractivity contribution in [3.63, 3.8) is 0 Å². The van der Waals surface area contributed by atoms with Crippen LogP contribution in [0.3, 0.4) is 0 Å². The molecule has 0 fully saturated rings. The maximum Gasteiger partial charge on any atom is 0.320 e. The summed E-state index contributed by atoms with van der Waals surface area (Å²) in [6.45, 7) is 5.69. The van der Waals surface area contributed by atoms with E-state index in [-0.39, 0.29) is 0 Å².